The molecule has 1 N–H and O–H groups in total. The number of aromatic nitrogens is 1. The second-order valence-corrected chi connectivity index (χ2v) is 7.08. The first kappa shape index (κ1) is 18.7. The van der Waals surface area contributed by atoms with E-state index in [9.17, 15) is 9.18 Å². The molecule has 1 aromatic carbocycles. The van der Waals surface area contributed by atoms with Crippen LogP contribution in [0.1, 0.15) is 12.0 Å². The van der Waals surface area contributed by atoms with Crippen LogP contribution in [-0.2, 0) is 16.1 Å². The third kappa shape index (κ3) is 5.44. The summed E-state index contributed by atoms with van der Waals surface area (Å²) in [5.41, 5.74) is 1.01. The Morgan fingerprint density at radius 3 is 2.77 bits per heavy atom. The van der Waals surface area contributed by atoms with E-state index in [0.29, 0.717) is 31.9 Å². The van der Waals surface area contributed by atoms with E-state index >= 15 is 0 Å². The van der Waals surface area contributed by atoms with Gasteiger partial charge in [0.05, 0.1) is 13.2 Å². The van der Waals surface area contributed by atoms with Crippen LogP contribution in [0.25, 0.3) is 0 Å². The van der Waals surface area contributed by atoms with Crippen LogP contribution in [0.4, 0.5) is 10.2 Å². The Bertz CT molecular complexity index is 721. The lowest BCUT2D eigenvalue weighted by molar-refractivity contribution is -0.120. The smallest absolute Gasteiger partial charge is 0.221 e. The fourth-order valence-electron chi connectivity index (χ4n) is 2.70. The van der Waals surface area contributed by atoms with E-state index in [0.717, 1.165) is 29.4 Å². The van der Waals surface area contributed by atoms with Crippen molar-refractivity contribution in [2.75, 3.05) is 37.0 Å². The Kier molecular flexibility index (Phi) is 6.85. The van der Waals surface area contributed by atoms with Gasteiger partial charge >= 0.3 is 0 Å². The minimum atomic E-state index is -0.250. The highest BCUT2D eigenvalue weighted by atomic mass is 32.2. The molecule has 0 spiro atoms. The summed E-state index contributed by atoms with van der Waals surface area (Å²) in [5.74, 6) is 1.31. The van der Waals surface area contributed by atoms with Gasteiger partial charge in [0.1, 0.15) is 11.6 Å². The molecule has 0 aliphatic carbocycles. The van der Waals surface area contributed by atoms with E-state index in [2.05, 4.69) is 15.2 Å². The first-order chi connectivity index (χ1) is 12.7. The molecule has 2 aromatic rings. The zero-order chi connectivity index (χ0) is 18.2. The molecule has 0 bridgehead atoms. The van der Waals surface area contributed by atoms with Gasteiger partial charge < -0.3 is 15.0 Å². The SMILES string of the molecule is O=C(CCSc1ccc(F)cc1)NCc1cccnc1N1CCOCC1. The number of pyridine rings is 1. The van der Waals surface area contributed by atoms with Crippen LogP contribution < -0.4 is 10.2 Å². The van der Waals surface area contributed by atoms with Gasteiger partial charge in [-0.1, -0.05) is 6.07 Å². The first-order valence-electron chi connectivity index (χ1n) is 8.64. The van der Waals surface area contributed by atoms with E-state index in [4.69, 9.17) is 4.74 Å². The van der Waals surface area contributed by atoms with Crippen molar-refractivity contribution < 1.29 is 13.9 Å². The number of ether oxygens (including phenoxy) is 1. The van der Waals surface area contributed by atoms with Gasteiger partial charge in [0, 0.05) is 48.5 Å². The second-order valence-electron chi connectivity index (χ2n) is 5.91. The van der Waals surface area contributed by atoms with E-state index in [1.165, 1.54) is 12.1 Å². The molecule has 1 fully saturated rings. The van der Waals surface area contributed by atoms with Crippen molar-refractivity contribution >= 4 is 23.5 Å². The van der Waals surface area contributed by atoms with Crippen LogP contribution in [0.2, 0.25) is 0 Å². The number of carbonyl (C=O) groups is 1. The third-order valence-corrected chi connectivity index (χ3v) is 5.08. The number of carbonyl (C=O) groups excluding carboxylic acids is 1. The first-order valence-corrected chi connectivity index (χ1v) is 9.62. The van der Waals surface area contributed by atoms with Crippen LogP contribution in [0.15, 0.2) is 47.5 Å². The zero-order valence-electron chi connectivity index (χ0n) is 14.5. The van der Waals surface area contributed by atoms with Gasteiger partial charge in [0.15, 0.2) is 0 Å². The summed E-state index contributed by atoms with van der Waals surface area (Å²) in [7, 11) is 0. The number of rotatable bonds is 7. The molecular weight excluding hydrogens is 353 g/mol. The quantitative estimate of drug-likeness (QED) is 0.754. The summed E-state index contributed by atoms with van der Waals surface area (Å²) < 4.78 is 18.3. The molecule has 1 aliphatic rings. The van der Waals surface area contributed by atoms with Crippen molar-refractivity contribution in [2.45, 2.75) is 17.9 Å². The average molecular weight is 375 g/mol. The highest BCUT2D eigenvalue weighted by Crippen LogP contribution is 2.20. The molecule has 0 unspecified atom stereocenters. The second kappa shape index (κ2) is 9.54. The standard InChI is InChI=1S/C19H22FN3O2S/c20-16-3-5-17(6-4-16)26-13-7-18(24)22-14-15-2-1-8-21-19(15)23-9-11-25-12-10-23/h1-6,8H,7,9-14H2,(H,22,24). The molecule has 1 amide bonds. The molecule has 1 aliphatic heterocycles. The predicted molar refractivity (Wildman–Crippen MR) is 101 cm³/mol. The summed E-state index contributed by atoms with van der Waals surface area (Å²) in [6.45, 7) is 3.48. The minimum Gasteiger partial charge on any atom is -0.378 e. The Morgan fingerprint density at radius 1 is 1.23 bits per heavy atom. The predicted octanol–water partition coefficient (Wildman–Crippen LogP) is 2.86. The fourth-order valence-corrected chi connectivity index (χ4v) is 3.55. The zero-order valence-corrected chi connectivity index (χ0v) is 15.3. The summed E-state index contributed by atoms with van der Waals surface area (Å²) in [5, 5.41) is 2.96. The lowest BCUT2D eigenvalue weighted by Crippen LogP contribution is -2.37. The molecule has 2 heterocycles. The van der Waals surface area contributed by atoms with Gasteiger partial charge in [-0.25, -0.2) is 9.37 Å². The summed E-state index contributed by atoms with van der Waals surface area (Å²) >= 11 is 1.54. The van der Waals surface area contributed by atoms with Gasteiger partial charge in [-0.15, -0.1) is 11.8 Å². The minimum absolute atomic E-state index is 0.00334. The number of benzene rings is 1. The maximum Gasteiger partial charge on any atom is 0.221 e. The summed E-state index contributed by atoms with van der Waals surface area (Å²) in [6, 6.07) is 10.2. The van der Waals surface area contributed by atoms with Crippen molar-refractivity contribution in [1.29, 1.82) is 0 Å². The Labute approximate surface area is 156 Å². The van der Waals surface area contributed by atoms with Crippen molar-refractivity contribution in [1.82, 2.24) is 10.3 Å². The molecule has 7 heteroatoms. The largest absolute Gasteiger partial charge is 0.378 e. The molecule has 26 heavy (non-hydrogen) atoms. The molecule has 0 saturated carbocycles. The molecule has 5 nitrogen and oxygen atoms in total. The molecule has 0 radical (unpaired) electrons. The van der Waals surface area contributed by atoms with Crippen LogP contribution in [0, 0.1) is 5.82 Å². The van der Waals surface area contributed by atoms with E-state index in [1.807, 2.05) is 12.1 Å². The monoisotopic (exact) mass is 375 g/mol. The molecule has 3 rings (SSSR count). The van der Waals surface area contributed by atoms with Crippen molar-refractivity contribution in [3.63, 3.8) is 0 Å². The highest BCUT2D eigenvalue weighted by Gasteiger charge is 2.16. The van der Waals surface area contributed by atoms with Gasteiger partial charge in [-0.3, -0.25) is 4.79 Å². The number of nitrogens with zero attached hydrogens (tertiary/aromatic N) is 2. The maximum atomic E-state index is 12.9. The van der Waals surface area contributed by atoms with E-state index in [-0.39, 0.29) is 11.7 Å². The Balaban J connectivity index is 1.46. The highest BCUT2D eigenvalue weighted by molar-refractivity contribution is 7.99. The van der Waals surface area contributed by atoms with Crippen LogP contribution in [0.3, 0.4) is 0 Å². The number of thioether (sulfide) groups is 1. The molecular formula is C19H22FN3O2S. The number of halogens is 1. The lowest BCUT2D eigenvalue weighted by atomic mass is 10.2. The van der Waals surface area contributed by atoms with Crippen LogP contribution >= 0.6 is 11.8 Å². The molecule has 1 aromatic heterocycles. The summed E-state index contributed by atoms with van der Waals surface area (Å²) in [6.07, 6.45) is 2.19. The Hall–Kier alpha value is -2.12. The number of morpholine rings is 1. The van der Waals surface area contributed by atoms with Crippen molar-refractivity contribution in [3.05, 3.63) is 54.0 Å². The molecule has 1 saturated heterocycles. The van der Waals surface area contributed by atoms with Gasteiger partial charge in [0.2, 0.25) is 5.91 Å². The van der Waals surface area contributed by atoms with Gasteiger partial charge in [-0.05, 0) is 30.3 Å². The lowest BCUT2D eigenvalue weighted by Gasteiger charge is -2.29. The number of anilines is 1. The third-order valence-electron chi connectivity index (χ3n) is 4.07. The number of hydrogen-bond acceptors (Lipinski definition) is 5. The van der Waals surface area contributed by atoms with Crippen LogP contribution in [-0.4, -0.2) is 42.9 Å². The topological polar surface area (TPSA) is 54.5 Å². The Morgan fingerprint density at radius 2 is 2.00 bits per heavy atom. The summed E-state index contributed by atoms with van der Waals surface area (Å²) in [4.78, 5) is 19.7. The van der Waals surface area contributed by atoms with Crippen LogP contribution in [0.5, 0.6) is 0 Å². The van der Waals surface area contributed by atoms with E-state index < -0.39 is 0 Å². The fraction of sp³-hybridized carbons (Fsp3) is 0.368. The normalized spacial score (nSPS) is 14.3. The van der Waals surface area contributed by atoms with Crippen molar-refractivity contribution in [2.24, 2.45) is 0 Å². The van der Waals surface area contributed by atoms with E-state index in [1.54, 1.807) is 30.1 Å². The maximum absolute atomic E-state index is 12.9. The number of amides is 1. The number of nitrogens with one attached hydrogen (secondary N) is 1. The van der Waals surface area contributed by atoms with Gasteiger partial charge in [-0.2, -0.15) is 0 Å². The van der Waals surface area contributed by atoms with Gasteiger partial charge in [0.25, 0.3) is 0 Å². The van der Waals surface area contributed by atoms with Crippen molar-refractivity contribution in [3.8, 4) is 0 Å². The number of hydrogen-bond donors (Lipinski definition) is 1. The molecule has 0 atom stereocenters. The average Bonchev–Trinajstić information content (AvgIpc) is 2.69. The molecule has 138 valence electrons.